The van der Waals surface area contributed by atoms with E-state index in [0.29, 0.717) is 11.9 Å². The van der Waals surface area contributed by atoms with Crippen molar-refractivity contribution in [1.29, 1.82) is 0 Å². The summed E-state index contributed by atoms with van der Waals surface area (Å²) in [6, 6.07) is 8.10. The molecule has 1 atom stereocenters. The van der Waals surface area contributed by atoms with Gasteiger partial charge in [-0.2, -0.15) is 4.31 Å². The van der Waals surface area contributed by atoms with Crippen LogP contribution in [0.15, 0.2) is 41.4 Å². The summed E-state index contributed by atoms with van der Waals surface area (Å²) in [7, 11) is -7.03. The fourth-order valence-corrected chi connectivity index (χ4v) is 7.03. The zero-order valence-corrected chi connectivity index (χ0v) is 15.9. The van der Waals surface area contributed by atoms with Gasteiger partial charge in [-0.15, -0.1) is 0 Å². The van der Waals surface area contributed by atoms with E-state index in [0.717, 1.165) is 5.39 Å². The van der Waals surface area contributed by atoms with Gasteiger partial charge in [-0.25, -0.2) is 16.8 Å². The van der Waals surface area contributed by atoms with Crippen molar-refractivity contribution in [1.82, 2.24) is 9.29 Å². The number of rotatable bonds is 5. The first-order valence-electron chi connectivity index (χ1n) is 8.27. The molecule has 0 N–H and O–H groups in total. The van der Waals surface area contributed by atoms with Crippen molar-refractivity contribution in [2.24, 2.45) is 5.92 Å². The highest BCUT2D eigenvalue weighted by molar-refractivity contribution is 7.92. The van der Waals surface area contributed by atoms with Crippen LogP contribution in [0.2, 0.25) is 0 Å². The number of hydrogen-bond acceptors (Lipinski definition) is 5. The molecular weight excluding hydrogens is 360 g/mol. The van der Waals surface area contributed by atoms with Gasteiger partial charge in [0, 0.05) is 24.2 Å². The van der Waals surface area contributed by atoms with Crippen molar-refractivity contribution in [3.05, 3.63) is 36.5 Å². The van der Waals surface area contributed by atoms with E-state index in [9.17, 15) is 16.8 Å². The molecule has 1 fully saturated rings. The van der Waals surface area contributed by atoms with Gasteiger partial charge >= 0.3 is 0 Å². The van der Waals surface area contributed by atoms with Crippen molar-refractivity contribution in [2.45, 2.75) is 31.2 Å². The second kappa shape index (κ2) is 6.66. The molecule has 0 radical (unpaired) electrons. The van der Waals surface area contributed by atoms with E-state index < -0.39 is 25.9 Å². The third-order valence-corrected chi connectivity index (χ3v) is 8.04. The summed E-state index contributed by atoms with van der Waals surface area (Å²) in [6.07, 6.45) is 1.90. The second-order valence-corrected chi connectivity index (χ2v) is 10.9. The van der Waals surface area contributed by atoms with Crippen molar-refractivity contribution < 1.29 is 16.8 Å². The fraction of sp³-hybridized carbons (Fsp3) is 0.471. The highest BCUT2D eigenvalue weighted by Gasteiger charge is 2.39. The van der Waals surface area contributed by atoms with Gasteiger partial charge in [0.25, 0.3) is 0 Å². The summed E-state index contributed by atoms with van der Waals surface area (Å²) in [5.74, 6) is 0.00760. The Morgan fingerprint density at radius 2 is 1.96 bits per heavy atom. The van der Waals surface area contributed by atoms with Gasteiger partial charge in [-0.05, 0) is 24.5 Å². The van der Waals surface area contributed by atoms with Crippen molar-refractivity contribution in [3.63, 3.8) is 0 Å². The third-order valence-electron chi connectivity index (χ3n) is 4.34. The van der Waals surface area contributed by atoms with Gasteiger partial charge in [0.1, 0.15) is 4.90 Å². The Hall–Kier alpha value is -1.51. The van der Waals surface area contributed by atoms with Crippen LogP contribution in [0.4, 0.5) is 0 Å². The van der Waals surface area contributed by atoms with Crippen LogP contribution in [0.1, 0.15) is 20.3 Å². The SMILES string of the molecule is CC(C)CN([C@@H]1CCS(=O)(=O)C1)S(=O)(=O)c1cccc2cccnc12. The van der Waals surface area contributed by atoms with Gasteiger partial charge in [-0.1, -0.05) is 32.0 Å². The molecule has 1 saturated heterocycles. The minimum atomic E-state index is -3.85. The van der Waals surface area contributed by atoms with Crippen LogP contribution in [0, 0.1) is 5.92 Å². The lowest BCUT2D eigenvalue weighted by molar-refractivity contribution is 0.308. The molecule has 0 aliphatic carbocycles. The molecule has 0 spiro atoms. The number of aromatic nitrogens is 1. The van der Waals surface area contributed by atoms with Gasteiger partial charge in [0.2, 0.25) is 10.0 Å². The van der Waals surface area contributed by atoms with Crippen LogP contribution >= 0.6 is 0 Å². The van der Waals surface area contributed by atoms with Gasteiger partial charge in [0.05, 0.1) is 17.0 Å². The Labute approximate surface area is 148 Å². The number of nitrogens with zero attached hydrogens (tertiary/aromatic N) is 2. The highest BCUT2D eigenvalue weighted by Crippen LogP contribution is 2.29. The van der Waals surface area contributed by atoms with E-state index in [4.69, 9.17) is 0 Å². The first kappa shape index (κ1) is 18.3. The van der Waals surface area contributed by atoms with E-state index in [1.807, 2.05) is 26.0 Å². The Bertz CT molecular complexity index is 979. The monoisotopic (exact) mass is 382 g/mol. The first-order valence-corrected chi connectivity index (χ1v) is 11.5. The van der Waals surface area contributed by atoms with Crippen molar-refractivity contribution in [3.8, 4) is 0 Å². The molecular formula is C17H22N2O4S2. The molecule has 1 aromatic carbocycles. The lowest BCUT2D eigenvalue weighted by atomic mass is 10.2. The predicted octanol–water partition coefficient (Wildman–Crippen LogP) is 2.07. The first-order chi connectivity index (χ1) is 11.7. The lowest BCUT2D eigenvalue weighted by Gasteiger charge is -2.29. The minimum Gasteiger partial charge on any atom is -0.255 e. The van der Waals surface area contributed by atoms with E-state index in [1.165, 1.54) is 4.31 Å². The number of hydrogen-bond donors (Lipinski definition) is 0. The Kier molecular flexibility index (Phi) is 4.87. The maximum absolute atomic E-state index is 13.4. The molecule has 0 unspecified atom stereocenters. The number of sulfonamides is 1. The summed E-state index contributed by atoms with van der Waals surface area (Å²) in [5.41, 5.74) is 0.416. The standard InChI is InChI=1S/C17H22N2O4S2/c1-13(2)11-19(15-8-10-24(20,21)12-15)25(22,23)16-7-3-5-14-6-4-9-18-17(14)16/h3-7,9,13,15H,8,10-12H2,1-2H3/t15-/m1/s1. The molecule has 0 bridgehead atoms. The Morgan fingerprint density at radius 3 is 2.60 bits per heavy atom. The molecule has 0 saturated carbocycles. The maximum atomic E-state index is 13.4. The molecule has 2 aromatic rings. The second-order valence-electron chi connectivity index (χ2n) is 6.86. The van der Waals surface area contributed by atoms with E-state index in [-0.39, 0.29) is 28.9 Å². The molecule has 25 heavy (non-hydrogen) atoms. The van der Waals surface area contributed by atoms with Crippen LogP contribution in [-0.4, -0.2) is 50.2 Å². The predicted molar refractivity (Wildman–Crippen MR) is 97.5 cm³/mol. The molecule has 0 amide bonds. The number of fused-ring (bicyclic) bond motifs is 1. The molecule has 2 heterocycles. The number of pyridine rings is 1. The molecule has 1 aromatic heterocycles. The maximum Gasteiger partial charge on any atom is 0.245 e. The largest absolute Gasteiger partial charge is 0.255 e. The van der Waals surface area contributed by atoms with E-state index in [1.54, 1.807) is 24.4 Å². The molecule has 8 heteroatoms. The van der Waals surface area contributed by atoms with Crippen LogP contribution in [0.25, 0.3) is 10.9 Å². The lowest BCUT2D eigenvalue weighted by Crippen LogP contribution is -2.43. The zero-order chi connectivity index (χ0) is 18.2. The fourth-order valence-electron chi connectivity index (χ4n) is 3.22. The average Bonchev–Trinajstić information content (AvgIpc) is 2.91. The van der Waals surface area contributed by atoms with Crippen LogP contribution < -0.4 is 0 Å². The normalized spacial score (nSPS) is 20.6. The highest BCUT2D eigenvalue weighted by atomic mass is 32.2. The summed E-state index contributed by atoms with van der Waals surface area (Å²) in [4.78, 5) is 4.37. The average molecular weight is 383 g/mol. The summed E-state index contributed by atoms with van der Waals surface area (Å²) >= 11 is 0. The summed E-state index contributed by atoms with van der Waals surface area (Å²) in [6.45, 7) is 4.13. The van der Waals surface area contributed by atoms with Gasteiger partial charge < -0.3 is 0 Å². The smallest absolute Gasteiger partial charge is 0.245 e. The number of para-hydroxylation sites is 1. The minimum absolute atomic E-state index is 0.0373. The summed E-state index contributed by atoms with van der Waals surface area (Å²) < 4.78 is 51.9. The Balaban J connectivity index is 2.10. The Morgan fingerprint density at radius 1 is 1.24 bits per heavy atom. The van der Waals surface area contributed by atoms with Crippen molar-refractivity contribution >= 4 is 30.8 Å². The third kappa shape index (κ3) is 3.70. The van der Waals surface area contributed by atoms with E-state index >= 15 is 0 Å². The van der Waals surface area contributed by atoms with Crippen LogP contribution in [-0.2, 0) is 19.9 Å². The van der Waals surface area contributed by atoms with Gasteiger partial charge in [0.15, 0.2) is 9.84 Å². The van der Waals surface area contributed by atoms with E-state index in [2.05, 4.69) is 4.98 Å². The van der Waals surface area contributed by atoms with Crippen LogP contribution in [0.5, 0.6) is 0 Å². The topological polar surface area (TPSA) is 84.4 Å². The van der Waals surface area contributed by atoms with Crippen LogP contribution in [0.3, 0.4) is 0 Å². The zero-order valence-electron chi connectivity index (χ0n) is 14.3. The number of sulfone groups is 1. The molecule has 136 valence electrons. The molecule has 3 rings (SSSR count). The quantitative estimate of drug-likeness (QED) is 0.790. The summed E-state index contributed by atoms with van der Waals surface area (Å²) in [5, 5.41) is 0.743. The van der Waals surface area contributed by atoms with Crippen molar-refractivity contribution in [2.75, 3.05) is 18.1 Å². The molecule has 1 aliphatic heterocycles. The number of benzene rings is 1. The molecule has 1 aliphatic rings. The molecule has 6 nitrogen and oxygen atoms in total. The van der Waals surface area contributed by atoms with Gasteiger partial charge in [-0.3, -0.25) is 4.98 Å².